The average molecular weight is 251 g/mol. The van der Waals surface area contributed by atoms with Gasteiger partial charge in [0.1, 0.15) is 5.54 Å². The quantitative estimate of drug-likeness (QED) is 0.817. The standard InChI is InChI=1S/C15H29N3/c1-5-15(6-2)7-9-18(10-8-15)13(3)11-14(4,17)12-16/h13H,5-11,17H2,1-4H3. The van der Waals surface area contributed by atoms with E-state index in [-0.39, 0.29) is 0 Å². The van der Waals surface area contributed by atoms with Crippen molar-refractivity contribution in [2.75, 3.05) is 13.1 Å². The number of nitriles is 1. The van der Waals surface area contributed by atoms with E-state index in [1.807, 2.05) is 6.92 Å². The average Bonchev–Trinajstić information content (AvgIpc) is 2.38. The van der Waals surface area contributed by atoms with Gasteiger partial charge >= 0.3 is 0 Å². The van der Waals surface area contributed by atoms with E-state index in [2.05, 4.69) is 31.7 Å². The van der Waals surface area contributed by atoms with Gasteiger partial charge in [-0.1, -0.05) is 26.7 Å². The molecule has 0 aromatic carbocycles. The fourth-order valence-electron chi connectivity index (χ4n) is 3.18. The van der Waals surface area contributed by atoms with Gasteiger partial charge < -0.3 is 10.6 Å². The molecule has 0 aromatic heterocycles. The van der Waals surface area contributed by atoms with E-state index in [0.717, 1.165) is 19.5 Å². The van der Waals surface area contributed by atoms with Gasteiger partial charge in [0.05, 0.1) is 6.07 Å². The zero-order chi connectivity index (χ0) is 13.8. The van der Waals surface area contributed by atoms with Crippen LogP contribution in [-0.4, -0.2) is 29.6 Å². The molecule has 2 atom stereocenters. The molecule has 0 amide bonds. The van der Waals surface area contributed by atoms with Crippen LogP contribution in [0.5, 0.6) is 0 Å². The summed E-state index contributed by atoms with van der Waals surface area (Å²) in [6, 6.07) is 2.61. The fourth-order valence-corrected chi connectivity index (χ4v) is 3.18. The normalized spacial score (nSPS) is 25.1. The van der Waals surface area contributed by atoms with Gasteiger partial charge in [-0.05, 0) is 51.6 Å². The Morgan fingerprint density at radius 3 is 2.22 bits per heavy atom. The molecule has 3 nitrogen and oxygen atoms in total. The summed E-state index contributed by atoms with van der Waals surface area (Å²) in [5.41, 5.74) is 5.82. The van der Waals surface area contributed by atoms with Crippen molar-refractivity contribution in [1.29, 1.82) is 5.26 Å². The summed E-state index contributed by atoms with van der Waals surface area (Å²) in [6.45, 7) is 11.0. The smallest absolute Gasteiger partial charge is 0.102 e. The molecular weight excluding hydrogens is 222 g/mol. The topological polar surface area (TPSA) is 53.0 Å². The second kappa shape index (κ2) is 6.04. The van der Waals surface area contributed by atoms with Gasteiger partial charge in [-0.3, -0.25) is 0 Å². The molecular formula is C15H29N3. The summed E-state index contributed by atoms with van der Waals surface area (Å²) in [6.07, 6.45) is 5.92. The molecule has 0 spiro atoms. The van der Waals surface area contributed by atoms with Gasteiger partial charge in [0.15, 0.2) is 0 Å². The molecule has 1 aliphatic heterocycles. The van der Waals surface area contributed by atoms with Crippen molar-refractivity contribution in [2.45, 2.75) is 71.4 Å². The summed E-state index contributed by atoms with van der Waals surface area (Å²) in [5, 5.41) is 9.01. The summed E-state index contributed by atoms with van der Waals surface area (Å²) in [4.78, 5) is 2.51. The molecule has 18 heavy (non-hydrogen) atoms. The Hall–Kier alpha value is -0.590. The lowest BCUT2D eigenvalue weighted by Crippen LogP contribution is -2.48. The summed E-state index contributed by atoms with van der Waals surface area (Å²) in [7, 11) is 0. The number of hydrogen-bond acceptors (Lipinski definition) is 3. The lowest BCUT2D eigenvalue weighted by molar-refractivity contribution is 0.0646. The third-order valence-electron chi connectivity index (χ3n) is 4.96. The summed E-state index contributed by atoms with van der Waals surface area (Å²) in [5.74, 6) is 0. The molecule has 1 heterocycles. The molecule has 1 saturated heterocycles. The number of nitrogens with zero attached hydrogens (tertiary/aromatic N) is 2. The summed E-state index contributed by atoms with van der Waals surface area (Å²) < 4.78 is 0. The Bertz CT molecular complexity index is 289. The molecule has 0 aliphatic carbocycles. The van der Waals surface area contributed by atoms with Crippen molar-refractivity contribution in [1.82, 2.24) is 4.90 Å². The SMILES string of the molecule is CCC1(CC)CCN(C(C)CC(C)(N)C#N)CC1. The molecule has 1 rings (SSSR count). The van der Waals surface area contributed by atoms with Crippen LogP contribution in [0, 0.1) is 16.7 Å². The number of likely N-dealkylation sites (tertiary alicyclic amines) is 1. The van der Waals surface area contributed by atoms with E-state index in [9.17, 15) is 0 Å². The van der Waals surface area contributed by atoms with Crippen LogP contribution in [0.15, 0.2) is 0 Å². The minimum absolute atomic E-state index is 0.409. The van der Waals surface area contributed by atoms with Gasteiger partial charge in [0, 0.05) is 6.04 Å². The first-order valence-electron chi connectivity index (χ1n) is 7.32. The first-order chi connectivity index (χ1) is 8.38. The molecule has 1 fully saturated rings. The maximum atomic E-state index is 9.01. The van der Waals surface area contributed by atoms with E-state index >= 15 is 0 Å². The maximum Gasteiger partial charge on any atom is 0.102 e. The van der Waals surface area contributed by atoms with Gasteiger partial charge in [0.25, 0.3) is 0 Å². The Labute approximate surface area is 112 Å². The molecule has 0 saturated carbocycles. The third kappa shape index (κ3) is 3.70. The number of rotatable bonds is 5. The molecule has 1 aliphatic rings. The second-order valence-electron chi connectivity index (χ2n) is 6.33. The highest BCUT2D eigenvalue weighted by Crippen LogP contribution is 2.38. The molecule has 2 unspecified atom stereocenters. The molecule has 104 valence electrons. The maximum absolute atomic E-state index is 9.01. The van der Waals surface area contributed by atoms with Crippen molar-refractivity contribution in [3.63, 3.8) is 0 Å². The van der Waals surface area contributed by atoms with E-state index in [0.29, 0.717) is 11.5 Å². The Balaban J connectivity index is 2.51. The van der Waals surface area contributed by atoms with Crippen molar-refractivity contribution >= 4 is 0 Å². The van der Waals surface area contributed by atoms with Crippen LogP contribution in [0.2, 0.25) is 0 Å². The van der Waals surface area contributed by atoms with Crippen LogP contribution in [0.25, 0.3) is 0 Å². The molecule has 2 N–H and O–H groups in total. The van der Waals surface area contributed by atoms with Crippen LogP contribution >= 0.6 is 0 Å². The lowest BCUT2D eigenvalue weighted by atomic mass is 9.74. The molecule has 0 bridgehead atoms. The highest BCUT2D eigenvalue weighted by Gasteiger charge is 2.34. The van der Waals surface area contributed by atoms with E-state index in [1.54, 1.807) is 0 Å². The van der Waals surface area contributed by atoms with Crippen LogP contribution in [0.3, 0.4) is 0 Å². The minimum Gasteiger partial charge on any atom is -0.314 e. The van der Waals surface area contributed by atoms with Crippen LogP contribution in [-0.2, 0) is 0 Å². The molecule has 0 aromatic rings. The zero-order valence-corrected chi connectivity index (χ0v) is 12.5. The molecule has 0 radical (unpaired) electrons. The predicted molar refractivity (Wildman–Crippen MR) is 76.1 cm³/mol. The number of nitrogens with two attached hydrogens (primary N) is 1. The monoisotopic (exact) mass is 251 g/mol. The van der Waals surface area contributed by atoms with E-state index < -0.39 is 5.54 Å². The third-order valence-corrected chi connectivity index (χ3v) is 4.96. The highest BCUT2D eigenvalue weighted by atomic mass is 15.2. The van der Waals surface area contributed by atoms with Crippen LogP contribution in [0.1, 0.15) is 59.8 Å². The fraction of sp³-hybridized carbons (Fsp3) is 0.933. The van der Waals surface area contributed by atoms with Crippen molar-refractivity contribution < 1.29 is 0 Å². The van der Waals surface area contributed by atoms with E-state index in [4.69, 9.17) is 11.0 Å². The lowest BCUT2D eigenvalue weighted by Gasteiger charge is -2.44. The van der Waals surface area contributed by atoms with Crippen molar-refractivity contribution in [3.8, 4) is 6.07 Å². The Kier molecular flexibility index (Phi) is 5.19. The first kappa shape index (κ1) is 15.5. The predicted octanol–water partition coefficient (Wildman–Crippen LogP) is 2.91. The van der Waals surface area contributed by atoms with Crippen molar-refractivity contribution in [2.24, 2.45) is 11.1 Å². The van der Waals surface area contributed by atoms with Crippen LogP contribution in [0.4, 0.5) is 0 Å². The largest absolute Gasteiger partial charge is 0.314 e. The Morgan fingerprint density at radius 1 is 1.33 bits per heavy atom. The second-order valence-corrected chi connectivity index (χ2v) is 6.33. The highest BCUT2D eigenvalue weighted by molar-refractivity contribution is 5.03. The van der Waals surface area contributed by atoms with Gasteiger partial charge in [-0.25, -0.2) is 0 Å². The van der Waals surface area contributed by atoms with Gasteiger partial charge in [-0.15, -0.1) is 0 Å². The summed E-state index contributed by atoms with van der Waals surface area (Å²) >= 11 is 0. The van der Waals surface area contributed by atoms with Crippen LogP contribution < -0.4 is 5.73 Å². The first-order valence-corrected chi connectivity index (χ1v) is 7.32. The minimum atomic E-state index is -0.691. The molecule has 3 heteroatoms. The van der Waals surface area contributed by atoms with Gasteiger partial charge in [0.2, 0.25) is 0 Å². The van der Waals surface area contributed by atoms with Gasteiger partial charge in [-0.2, -0.15) is 5.26 Å². The Morgan fingerprint density at radius 2 is 1.83 bits per heavy atom. The number of hydrogen-bond donors (Lipinski definition) is 1. The number of piperidine rings is 1. The van der Waals surface area contributed by atoms with E-state index in [1.165, 1.54) is 25.7 Å². The zero-order valence-electron chi connectivity index (χ0n) is 12.5. The van der Waals surface area contributed by atoms with Crippen molar-refractivity contribution in [3.05, 3.63) is 0 Å².